The van der Waals surface area contributed by atoms with Crippen LogP contribution in [0.25, 0.3) is 0 Å². The lowest BCUT2D eigenvalue weighted by Gasteiger charge is -2.53. The summed E-state index contributed by atoms with van der Waals surface area (Å²) in [4.78, 5) is 43.0. The Kier molecular flexibility index (Phi) is 31.3. The third-order valence-corrected chi connectivity index (χ3v) is 24.7. The molecule has 2 saturated heterocycles. The first-order chi connectivity index (χ1) is 46.6. The van der Waals surface area contributed by atoms with Crippen molar-refractivity contribution in [1.29, 1.82) is 0 Å². The molecule has 0 radical (unpaired) electrons. The lowest BCUT2D eigenvalue weighted by molar-refractivity contribution is -0.293. The third-order valence-electron chi connectivity index (χ3n) is 24.7. The molecular weight excluding hydrogens is 1250 g/mol. The highest BCUT2D eigenvalue weighted by Gasteiger charge is 2.50. The van der Waals surface area contributed by atoms with Crippen LogP contribution < -0.4 is 25.8 Å². The van der Waals surface area contributed by atoms with E-state index in [0.29, 0.717) is 51.8 Å². The number of hydrogen-bond acceptors (Lipinski definition) is 14. The minimum Gasteiger partial charge on any atom is -0.431 e. The van der Waals surface area contributed by atoms with Crippen molar-refractivity contribution in [2.24, 2.45) is 43.3 Å². The van der Waals surface area contributed by atoms with Crippen LogP contribution in [-0.2, 0) is 14.3 Å². The number of aromatic nitrogens is 3. The summed E-state index contributed by atoms with van der Waals surface area (Å²) >= 11 is 0. The Morgan fingerprint density at radius 3 is 1.06 bits per heavy atom. The summed E-state index contributed by atoms with van der Waals surface area (Å²) in [5.41, 5.74) is 2.25. The van der Waals surface area contributed by atoms with Crippen LogP contribution in [0.1, 0.15) is 385 Å². The zero-order chi connectivity index (χ0) is 75.3. The molecule has 2 aliphatic heterocycles. The van der Waals surface area contributed by atoms with E-state index in [1.54, 1.807) is 0 Å². The molecule has 14 nitrogen and oxygen atoms in total. The van der Waals surface area contributed by atoms with Crippen LogP contribution in [0.2, 0.25) is 0 Å². The zero-order valence-corrected chi connectivity index (χ0v) is 71.6. The van der Waals surface area contributed by atoms with Gasteiger partial charge < -0.3 is 35.2 Å². The zero-order valence-electron chi connectivity index (χ0n) is 71.6. The molecule has 4 saturated carbocycles. The lowest BCUT2D eigenvalue weighted by atomic mass is 9.63. The standard InChI is InChI=1S/C56H106N8.C31H60N2O4/c1-49(2)30-42(31-50(3,4)38-49)58-26-22-18-20-24-28-63(44-34-53(9,10)40-54(11,12)35-44)47-60-46(57-17)61-48(62-47)64(45-36-55(13,14)41-56(15,16)37-45)29-25-21-19-23-27-59-43-32-51(5,6)39-52(7,8)33-43;1-11-12-13-14-15-16-17-18-19-20-35-33-30(6,7)23-26(24-31(33,8)9)37-27(34)36-25-21-28(2,3)32(10)29(4,5)22-25/h42-45,58-59H,18-41H2,1-17H3,(H,57,60,61,62);25-26H,11-24H2,1-10H3. The number of nitrogens with one attached hydrogen (secondary N) is 3. The molecule has 14 heteroatoms. The number of hydrogen-bond donors (Lipinski definition) is 3. The van der Waals surface area contributed by atoms with Crippen LogP contribution in [-0.4, -0.2) is 136 Å². The number of ether oxygens (including phenoxy) is 2. The van der Waals surface area contributed by atoms with Crippen molar-refractivity contribution in [3.8, 4) is 0 Å². The number of nitrogens with zero attached hydrogens (tertiary/aromatic N) is 7. The van der Waals surface area contributed by atoms with Crippen molar-refractivity contribution in [2.45, 2.75) is 444 Å². The normalized spacial score (nSPS) is 24.8. The topological polar surface area (TPSA) is 132 Å². The molecule has 101 heavy (non-hydrogen) atoms. The summed E-state index contributed by atoms with van der Waals surface area (Å²) < 4.78 is 11.8. The highest BCUT2D eigenvalue weighted by molar-refractivity contribution is 5.60. The van der Waals surface area contributed by atoms with Crippen LogP contribution in [0.5, 0.6) is 0 Å². The SMILES string of the molecule is CCCCCCCCCCCON1C(C)(C)CC(OC(=O)OC2CC(C)(C)N(C)C(C)(C)C2)CC1(C)C.CNc1nc(N(CCCCCCNC2CC(C)(C)CC(C)(C)C2)C2CC(C)(C)CC(C)(C)C2)nc(N(CCCCCCNC2CC(C)(C)CC(C)(C)C2)C2CC(C)(C)CC(C)(C)C2)n1. The Bertz CT molecular complexity index is 2430. The second-order valence-corrected chi connectivity index (χ2v) is 43.3. The molecule has 7 rings (SSSR count). The van der Waals surface area contributed by atoms with Gasteiger partial charge in [0, 0.05) is 92.1 Å². The Morgan fingerprint density at radius 1 is 0.406 bits per heavy atom. The monoisotopic (exact) mass is 1420 g/mol. The number of carbonyl (C=O) groups is 1. The van der Waals surface area contributed by atoms with E-state index in [-0.39, 0.29) is 56.0 Å². The van der Waals surface area contributed by atoms with E-state index in [0.717, 1.165) is 89.6 Å². The first-order valence-corrected chi connectivity index (χ1v) is 42.0. The largest absolute Gasteiger partial charge is 0.508 e. The van der Waals surface area contributed by atoms with Gasteiger partial charge in [0.1, 0.15) is 12.2 Å². The predicted molar refractivity (Wildman–Crippen MR) is 431 cm³/mol. The minimum absolute atomic E-state index is 0.0337. The minimum atomic E-state index is -0.526. The maximum absolute atomic E-state index is 12.9. The van der Waals surface area contributed by atoms with E-state index >= 15 is 0 Å². The molecule has 3 N–H and O–H groups in total. The van der Waals surface area contributed by atoms with Gasteiger partial charge >= 0.3 is 6.16 Å². The van der Waals surface area contributed by atoms with E-state index in [1.165, 1.54) is 167 Å². The summed E-state index contributed by atoms with van der Waals surface area (Å²) in [6.45, 7) is 64.5. The molecule has 1 aromatic heterocycles. The van der Waals surface area contributed by atoms with Crippen LogP contribution >= 0.6 is 0 Å². The number of piperidine rings is 2. The van der Waals surface area contributed by atoms with E-state index in [4.69, 9.17) is 29.3 Å². The highest BCUT2D eigenvalue weighted by atomic mass is 16.7. The fourth-order valence-electron chi connectivity index (χ4n) is 22.6. The molecule has 0 amide bonds. The molecular formula is C87H166N10O4. The van der Waals surface area contributed by atoms with Crippen molar-refractivity contribution >= 4 is 24.0 Å². The molecule has 0 bridgehead atoms. The smallest absolute Gasteiger partial charge is 0.431 e. The van der Waals surface area contributed by atoms with E-state index in [2.05, 4.69) is 216 Å². The van der Waals surface area contributed by atoms with Gasteiger partial charge in [0.15, 0.2) is 0 Å². The van der Waals surface area contributed by atoms with E-state index in [1.807, 2.05) is 7.05 Å². The summed E-state index contributed by atoms with van der Waals surface area (Å²) in [5, 5.41) is 13.6. The molecule has 6 fully saturated rings. The van der Waals surface area contributed by atoms with Gasteiger partial charge in [0.2, 0.25) is 17.8 Å². The number of anilines is 3. The molecule has 0 unspecified atom stereocenters. The van der Waals surface area contributed by atoms with E-state index in [9.17, 15) is 4.79 Å². The second-order valence-electron chi connectivity index (χ2n) is 43.3. The molecule has 3 heterocycles. The van der Waals surface area contributed by atoms with Crippen molar-refractivity contribution < 1.29 is 19.1 Å². The average Bonchev–Trinajstić information content (AvgIpc) is 0.787. The third kappa shape index (κ3) is 28.9. The Balaban J connectivity index is 0.000000368. The van der Waals surface area contributed by atoms with Gasteiger partial charge in [-0.25, -0.2) is 4.79 Å². The molecule has 6 aliphatic rings. The van der Waals surface area contributed by atoms with Gasteiger partial charge in [-0.3, -0.25) is 9.74 Å². The van der Waals surface area contributed by atoms with Crippen LogP contribution in [0.15, 0.2) is 0 Å². The molecule has 1 aromatic rings. The van der Waals surface area contributed by atoms with Crippen molar-refractivity contribution in [1.82, 2.24) is 35.5 Å². The lowest BCUT2D eigenvalue weighted by Crippen LogP contribution is -2.62. The van der Waals surface area contributed by atoms with Gasteiger partial charge in [-0.1, -0.05) is 195 Å². The summed E-state index contributed by atoms with van der Waals surface area (Å²) in [6.07, 6.45) is 38.9. The number of unbranched alkanes of at least 4 members (excludes halogenated alkanes) is 14. The summed E-state index contributed by atoms with van der Waals surface area (Å²) in [5.74, 6) is 2.48. The van der Waals surface area contributed by atoms with Crippen molar-refractivity contribution in [3.63, 3.8) is 0 Å². The molecule has 0 spiro atoms. The number of likely N-dealkylation sites (tertiary alicyclic amines) is 1. The van der Waals surface area contributed by atoms with Gasteiger partial charge in [0.25, 0.3) is 0 Å². The van der Waals surface area contributed by atoms with Gasteiger partial charge in [-0.15, -0.1) is 0 Å². The molecule has 588 valence electrons. The van der Waals surface area contributed by atoms with Gasteiger partial charge in [-0.05, 0) is 228 Å². The maximum atomic E-state index is 12.9. The van der Waals surface area contributed by atoms with Gasteiger partial charge in [0.05, 0.1) is 6.61 Å². The van der Waals surface area contributed by atoms with E-state index < -0.39 is 6.16 Å². The summed E-state index contributed by atoms with van der Waals surface area (Å²) in [6, 6.07) is 2.09. The maximum Gasteiger partial charge on any atom is 0.508 e. The van der Waals surface area contributed by atoms with Crippen molar-refractivity contribution in [2.75, 3.05) is 62.0 Å². The first-order valence-electron chi connectivity index (χ1n) is 42.0. The first kappa shape index (κ1) is 87.4. The Labute approximate surface area is 624 Å². The average molecular weight is 1420 g/mol. The summed E-state index contributed by atoms with van der Waals surface area (Å²) in [7, 11) is 4.15. The van der Waals surface area contributed by atoms with Crippen molar-refractivity contribution in [3.05, 3.63) is 0 Å². The van der Waals surface area contributed by atoms with Crippen LogP contribution in [0.3, 0.4) is 0 Å². The molecule has 0 atom stereocenters. The Hall–Kier alpha value is -2.52. The quantitative estimate of drug-likeness (QED) is 0.0447. The van der Waals surface area contributed by atoms with Crippen LogP contribution in [0.4, 0.5) is 22.6 Å². The molecule has 4 aliphatic carbocycles. The number of rotatable bonds is 34. The van der Waals surface area contributed by atoms with Gasteiger partial charge in [-0.2, -0.15) is 20.0 Å². The van der Waals surface area contributed by atoms with Crippen LogP contribution in [0, 0.1) is 43.3 Å². The predicted octanol–water partition coefficient (Wildman–Crippen LogP) is 22.5. The molecule has 0 aromatic carbocycles. The second kappa shape index (κ2) is 36.1. The fraction of sp³-hybridized carbons (Fsp3) is 0.954. The number of carbonyl (C=O) groups excluding carboxylic acids is 1. The Morgan fingerprint density at radius 2 is 0.713 bits per heavy atom. The number of hydroxylamine groups is 2. The fourth-order valence-corrected chi connectivity index (χ4v) is 22.6. The highest BCUT2D eigenvalue weighted by Crippen LogP contribution is 2.52.